The molecule has 5 nitrogen and oxygen atoms in total. The summed E-state index contributed by atoms with van der Waals surface area (Å²) in [5.74, 6) is -0.311. The van der Waals surface area contributed by atoms with Gasteiger partial charge in [-0.2, -0.15) is 18.4 Å². The Bertz CT molecular complexity index is 1160. The van der Waals surface area contributed by atoms with Crippen molar-refractivity contribution in [1.29, 1.82) is 5.26 Å². The fourth-order valence-electron chi connectivity index (χ4n) is 2.50. The molecule has 0 bridgehead atoms. The van der Waals surface area contributed by atoms with Crippen molar-refractivity contribution < 1.29 is 27.1 Å². The maximum Gasteiger partial charge on any atom is 0.417 e. The van der Waals surface area contributed by atoms with E-state index in [9.17, 15) is 22.4 Å². The molecule has 0 radical (unpaired) electrons. The molecule has 158 valence electrons. The van der Waals surface area contributed by atoms with Gasteiger partial charge in [-0.1, -0.05) is 11.6 Å². The number of halogens is 5. The SMILES string of the molecule is N#Cc1ccc(Oc2ccc(NC(=O)Nc3ccc(Cl)c(C(F)(F)F)c3)c(F)c2)cc1. The molecule has 0 aliphatic carbocycles. The van der Waals surface area contributed by atoms with E-state index in [1.54, 1.807) is 0 Å². The van der Waals surface area contributed by atoms with Crippen LogP contribution in [0, 0.1) is 17.1 Å². The van der Waals surface area contributed by atoms with Gasteiger partial charge in [-0.15, -0.1) is 0 Å². The molecule has 0 atom stereocenters. The van der Waals surface area contributed by atoms with Crippen LogP contribution in [-0.2, 0) is 6.18 Å². The second kappa shape index (κ2) is 8.93. The zero-order valence-electron chi connectivity index (χ0n) is 15.4. The number of benzene rings is 3. The van der Waals surface area contributed by atoms with Crippen LogP contribution in [0.15, 0.2) is 60.7 Å². The van der Waals surface area contributed by atoms with E-state index in [1.807, 2.05) is 6.07 Å². The Kier molecular flexibility index (Phi) is 6.32. The zero-order chi connectivity index (χ0) is 22.6. The lowest BCUT2D eigenvalue weighted by molar-refractivity contribution is -0.137. The lowest BCUT2D eigenvalue weighted by atomic mass is 10.2. The van der Waals surface area contributed by atoms with Gasteiger partial charge in [-0.25, -0.2) is 9.18 Å². The van der Waals surface area contributed by atoms with Gasteiger partial charge in [0.05, 0.1) is 27.9 Å². The minimum Gasteiger partial charge on any atom is -0.457 e. The monoisotopic (exact) mass is 449 g/mol. The van der Waals surface area contributed by atoms with Crippen LogP contribution in [0.4, 0.5) is 33.7 Å². The first-order valence-corrected chi connectivity index (χ1v) is 8.96. The van der Waals surface area contributed by atoms with Gasteiger partial charge in [0, 0.05) is 11.8 Å². The first kappa shape index (κ1) is 21.9. The third kappa shape index (κ3) is 5.65. The van der Waals surface area contributed by atoms with E-state index in [0.717, 1.165) is 12.1 Å². The lowest BCUT2D eigenvalue weighted by Gasteiger charge is -2.13. The van der Waals surface area contributed by atoms with E-state index in [4.69, 9.17) is 21.6 Å². The van der Waals surface area contributed by atoms with Gasteiger partial charge in [0.2, 0.25) is 0 Å². The number of hydrogen-bond acceptors (Lipinski definition) is 3. The largest absolute Gasteiger partial charge is 0.457 e. The molecule has 0 saturated carbocycles. The van der Waals surface area contributed by atoms with Crippen LogP contribution in [0.25, 0.3) is 0 Å². The molecule has 3 aromatic rings. The first-order chi connectivity index (χ1) is 14.7. The van der Waals surface area contributed by atoms with E-state index in [-0.39, 0.29) is 17.1 Å². The van der Waals surface area contributed by atoms with Gasteiger partial charge < -0.3 is 15.4 Å². The van der Waals surface area contributed by atoms with Crippen molar-refractivity contribution in [3.63, 3.8) is 0 Å². The summed E-state index contributed by atoms with van der Waals surface area (Å²) in [5.41, 5.74) is -1.06. The molecule has 0 unspecified atom stereocenters. The smallest absolute Gasteiger partial charge is 0.417 e. The summed E-state index contributed by atoms with van der Waals surface area (Å²) in [6, 6.07) is 13.7. The number of alkyl halides is 3. The molecule has 0 heterocycles. The lowest BCUT2D eigenvalue weighted by Crippen LogP contribution is -2.20. The number of anilines is 2. The molecule has 3 rings (SSSR count). The highest BCUT2D eigenvalue weighted by atomic mass is 35.5. The summed E-state index contributed by atoms with van der Waals surface area (Å²) in [6.45, 7) is 0. The molecule has 0 fully saturated rings. The van der Waals surface area contributed by atoms with Crippen molar-refractivity contribution in [2.45, 2.75) is 6.18 Å². The summed E-state index contributed by atoms with van der Waals surface area (Å²) >= 11 is 5.53. The predicted octanol–water partition coefficient (Wildman–Crippen LogP) is 6.81. The van der Waals surface area contributed by atoms with E-state index in [1.165, 1.54) is 42.5 Å². The van der Waals surface area contributed by atoms with Gasteiger partial charge in [0.15, 0.2) is 0 Å². The van der Waals surface area contributed by atoms with Crippen LogP contribution in [-0.4, -0.2) is 6.03 Å². The number of urea groups is 1. The highest BCUT2D eigenvalue weighted by Gasteiger charge is 2.33. The third-order valence-corrected chi connectivity index (χ3v) is 4.27. The Balaban J connectivity index is 1.67. The molecule has 3 aromatic carbocycles. The molecular formula is C21H12ClF4N3O2. The first-order valence-electron chi connectivity index (χ1n) is 8.58. The van der Waals surface area contributed by atoms with Crippen molar-refractivity contribution in [1.82, 2.24) is 0 Å². The Morgan fingerprint density at radius 3 is 2.26 bits per heavy atom. The van der Waals surface area contributed by atoms with Crippen molar-refractivity contribution in [2.75, 3.05) is 10.6 Å². The zero-order valence-corrected chi connectivity index (χ0v) is 16.2. The molecule has 0 aliphatic rings. The van der Waals surface area contributed by atoms with Crippen LogP contribution in [0.1, 0.15) is 11.1 Å². The molecule has 0 spiro atoms. The fraction of sp³-hybridized carbons (Fsp3) is 0.0476. The average Bonchev–Trinajstić information content (AvgIpc) is 2.71. The number of carbonyl (C=O) groups excluding carboxylic acids is 1. The second-order valence-electron chi connectivity index (χ2n) is 6.15. The number of nitrogens with zero attached hydrogens (tertiary/aromatic N) is 1. The number of rotatable bonds is 4. The highest BCUT2D eigenvalue weighted by molar-refractivity contribution is 6.31. The van der Waals surface area contributed by atoms with Crippen LogP contribution in [0.5, 0.6) is 11.5 Å². The van der Waals surface area contributed by atoms with Crippen molar-refractivity contribution in [3.05, 3.63) is 82.6 Å². The number of amides is 2. The van der Waals surface area contributed by atoms with Crippen molar-refractivity contribution >= 4 is 29.0 Å². The molecule has 10 heteroatoms. The molecular weight excluding hydrogens is 438 g/mol. The molecule has 0 saturated heterocycles. The molecule has 2 amide bonds. The van der Waals surface area contributed by atoms with Gasteiger partial charge in [-0.3, -0.25) is 0 Å². The van der Waals surface area contributed by atoms with Crippen LogP contribution in [0.3, 0.4) is 0 Å². The number of ether oxygens (including phenoxy) is 1. The van der Waals surface area contributed by atoms with E-state index in [0.29, 0.717) is 17.4 Å². The topological polar surface area (TPSA) is 74.1 Å². The maximum atomic E-state index is 14.3. The number of hydrogen-bond donors (Lipinski definition) is 2. The van der Waals surface area contributed by atoms with Gasteiger partial charge in [0.25, 0.3) is 0 Å². The number of nitriles is 1. The normalized spacial score (nSPS) is 10.8. The summed E-state index contributed by atoms with van der Waals surface area (Å²) in [6.07, 6.45) is -4.69. The van der Waals surface area contributed by atoms with Crippen molar-refractivity contribution in [2.24, 2.45) is 0 Å². The minimum atomic E-state index is -4.69. The van der Waals surface area contributed by atoms with Crippen LogP contribution < -0.4 is 15.4 Å². The molecule has 2 N–H and O–H groups in total. The fourth-order valence-corrected chi connectivity index (χ4v) is 2.72. The minimum absolute atomic E-state index is 0.140. The molecule has 0 aliphatic heterocycles. The van der Waals surface area contributed by atoms with E-state index < -0.39 is 28.6 Å². The summed E-state index contributed by atoms with van der Waals surface area (Å²) in [7, 11) is 0. The van der Waals surface area contributed by atoms with E-state index >= 15 is 0 Å². The Morgan fingerprint density at radius 2 is 1.65 bits per heavy atom. The highest BCUT2D eigenvalue weighted by Crippen LogP contribution is 2.36. The maximum absolute atomic E-state index is 14.3. The van der Waals surface area contributed by atoms with Crippen LogP contribution in [0.2, 0.25) is 5.02 Å². The average molecular weight is 450 g/mol. The summed E-state index contributed by atoms with van der Waals surface area (Å²) in [5, 5.41) is 12.7. The number of nitrogens with one attached hydrogen (secondary N) is 2. The van der Waals surface area contributed by atoms with Crippen molar-refractivity contribution in [3.8, 4) is 17.6 Å². The number of carbonyl (C=O) groups is 1. The summed E-state index contributed by atoms with van der Waals surface area (Å²) < 4.78 is 58.5. The Labute approximate surface area is 178 Å². The Morgan fingerprint density at radius 1 is 0.968 bits per heavy atom. The predicted molar refractivity (Wildman–Crippen MR) is 107 cm³/mol. The van der Waals surface area contributed by atoms with E-state index in [2.05, 4.69) is 10.6 Å². The third-order valence-electron chi connectivity index (χ3n) is 3.94. The molecule has 0 aromatic heterocycles. The Hall–Kier alpha value is -3.77. The van der Waals surface area contributed by atoms with Gasteiger partial charge >= 0.3 is 12.2 Å². The van der Waals surface area contributed by atoms with Crippen LogP contribution >= 0.6 is 11.6 Å². The second-order valence-corrected chi connectivity index (χ2v) is 6.56. The quantitative estimate of drug-likeness (QED) is 0.430. The molecule has 31 heavy (non-hydrogen) atoms. The van der Waals surface area contributed by atoms with Gasteiger partial charge in [-0.05, 0) is 54.6 Å². The standard InChI is InChI=1S/C21H12ClF4N3O2/c22-17-7-3-13(9-16(17)21(24,25)26)28-20(30)29-19-8-6-15(10-18(19)23)31-14-4-1-12(11-27)2-5-14/h1-10H,(H2,28,29,30). The summed E-state index contributed by atoms with van der Waals surface area (Å²) in [4.78, 5) is 12.1. The van der Waals surface area contributed by atoms with Gasteiger partial charge in [0.1, 0.15) is 17.3 Å².